The van der Waals surface area contributed by atoms with Crippen molar-refractivity contribution in [3.63, 3.8) is 0 Å². The molecule has 3 N–H and O–H groups in total. The van der Waals surface area contributed by atoms with Gasteiger partial charge < -0.3 is 10.6 Å². The summed E-state index contributed by atoms with van der Waals surface area (Å²) in [5.74, 6) is -0.358. The van der Waals surface area contributed by atoms with Crippen LogP contribution in [0, 0.1) is 6.92 Å². The van der Waals surface area contributed by atoms with Crippen LogP contribution >= 0.6 is 12.2 Å². The van der Waals surface area contributed by atoms with Gasteiger partial charge in [-0.15, -0.1) is 0 Å². The molecule has 26 heavy (non-hydrogen) atoms. The monoisotopic (exact) mass is 367 g/mol. The lowest BCUT2D eigenvalue weighted by Gasteiger charge is -2.09. The molecule has 0 aromatic heterocycles. The highest BCUT2D eigenvalue weighted by atomic mass is 32.1. The molecule has 0 aliphatic rings. The molecule has 134 valence electrons. The lowest BCUT2D eigenvalue weighted by molar-refractivity contribution is -0.116. The molecule has 2 aromatic rings. The van der Waals surface area contributed by atoms with Gasteiger partial charge in [0.1, 0.15) is 0 Å². The highest BCUT2D eigenvalue weighted by Crippen LogP contribution is 2.13. The van der Waals surface area contributed by atoms with Crippen molar-refractivity contribution in [1.29, 1.82) is 0 Å². The van der Waals surface area contributed by atoms with Crippen LogP contribution in [0.1, 0.15) is 24.5 Å². The number of amides is 2. The third-order valence-electron chi connectivity index (χ3n) is 3.49. The number of thiocarbonyl (C=S) groups is 1. The first-order valence-corrected chi connectivity index (χ1v) is 8.63. The minimum Gasteiger partial charge on any atom is -0.332 e. The zero-order valence-corrected chi connectivity index (χ0v) is 15.5. The fraction of sp³-hybridized carbons (Fsp3) is 0.150. The number of carbonyl (C=O) groups excluding carboxylic acids is 2. The fourth-order valence-electron chi connectivity index (χ4n) is 2.05. The molecule has 0 bridgehead atoms. The summed E-state index contributed by atoms with van der Waals surface area (Å²) in [5, 5.41) is 8.48. The van der Waals surface area contributed by atoms with Crippen molar-refractivity contribution >= 4 is 46.6 Å². The Hall–Kier alpha value is -2.99. The number of hydrogen-bond acceptors (Lipinski definition) is 3. The highest BCUT2D eigenvalue weighted by molar-refractivity contribution is 7.80. The number of aryl methyl sites for hydroxylation is 1. The van der Waals surface area contributed by atoms with Crippen LogP contribution < -0.4 is 16.0 Å². The number of anilines is 2. The first kappa shape index (κ1) is 19.3. The summed E-state index contributed by atoms with van der Waals surface area (Å²) >= 11 is 5.14. The Labute approximate surface area is 158 Å². The molecule has 6 heteroatoms. The van der Waals surface area contributed by atoms with E-state index < -0.39 is 0 Å². The van der Waals surface area contributed by atoms with E-state index in [0.717, 1.165) is 11.1 Å². The van der Waals surface area contributed by atoms with Crippen LogP contribution in [0.2, 0.25) is 0 Å². The van der Waals surface area contributed by atoms with Crippen LogP contribution in [0.25, 0.3) is 6.08 Å². The van der Waals surface area contributed by atoms with E-state index >= 15 is 0 Å². The van der Waals surface area contributed by atoms with E-state index in [1.165, 1.54) is 6.08 Å². The minimum atomic E-state index is -0.310. The molecule has 0 radical (unpaired) electrons. The van der Waals surface area contributed by atoms with Crippen LogP contribution in [0.4, 0.5) is 11.4 Å². The molecule has 2 rings (SSSR count). The molecule has 0 saturated carbocycles. The second-order valence-electron chi connectivity index (χ2n) is 5.67. The molecule has 0 aliphatic heterocycles. The van der Waals surface area contributed by atoms with E-state index in [1.807, 2.05) is 31.2 Å². The maximum absolute atomic E-state index is 11.9. The fourth-order valence-corrected chi connectivity index (χ4v) is 2.27. The van der Waals surface area contributed by atoms with Crippen molar-refractivity contribution in [1.82, 2.24) is 5.32 Å². The first-order valence-electron chi connectivity index (χ1n) is 8.23. The van der Waals surface area contributed by atoms with Crippen molar-refractivity contribution in [2.24, 2.45) is 0 Å². The van der Waals surface area contributed by atoms with Gasteiger partial charge in [-0.05, 0) is 55.0 Å². The Morgan fingerprint density at radius 1 is 0.962 bits per heavy atom. The smallest absolute Gasteiger partial charge is 0.250 e. The second kappa shape index (κ2) is 9.48. The van der Waals surface area contributed by atoms with E-state index in [9.17, 15) is 9.59 Å². The molecular formula is C20H21N3O2S. The van der Waals surface area contributed by atoms with Gasteiger partial charge in [-0.3, -0.25) is 14.9 Å². The zero-order chi connectivity index (χ0) is 18.9. The van der Waals surface area contributed by atoms with Crippen molar-refractivity contribution < 1.29 is 9.59 Å². The van der Waals surface area contributed by atoms with Gasteiger partial charge in [0.2, 0.25) is 11.8 Å². The Bertz CT molecular complexity index is 812. The standard InChI is InChI=1S/C20H21N3O2S/c1-3-18(24)21-16-9-11-17(12-10-16)22-20(26)23-19(25)13-8-15-6-4-14(2)5-7-15/h4-13H,3H2,1-2H3,(H,21,24)(H2,22,23,25,26)/b13-8+. The Balaban J connectivity index is 1.84. The van der Waals surface area contributed by atoms with Crippen molar-refractivity contribution in [3.05, 3.63) is 65.7 Å². The van der Waals surface area contributed by atoms with Gasteiger partial charge in [-0.1, -0.05) is 36.8 Å². The van der Waals surface area contributed by atoms with Gasteiger partial charge in [-0.2, -0.15) is 0 Å². The maximum Gasteiger partial charge on any atom is 0.250 e. The maximum atomic E-state index is 11.9. The molecule has 0 saturated heterocycles. The van der Waals surface area contributed by atoms with E-state index in [2.05, 4.69) is 16.0 Å². The second-order valence-corrected chi connectivity index (χ2v) is 6.07. The molecule has 0 spiro atoms. The van der Waals surface area contributed by atoms with Gasteiger partial charge in [0, 0.05) is 23.9 Å². The van der Waals surface area contributed by atoms with Crippen LogP contribution in [0.15, 0.2) is 54.6 Å². The lowest BCUT2D eigenvalue weighted by Crippen LogP contribution is -2.32. The van der Waals surface area contributed by atoms with Gasteiger partial charge in [-0.25, -0.2) is 0 Å². The average molecular weight is 367 g/mol. The zero-order valence-electron chi connectivity index (χ0n) is 14.7. The summed E-state index contributed by atoms with van der Waals surface area (Å²) in [6.45, 7) is 3.80. The SMILES string of the molecule is CCC(=O)Nc1ccc(NC(=S)NC(=O)/C=C/c2ccc(C)cc2)cc1. The van der Waals surface area contributed by atoms with Crippen molar-refractivity contribution in [3.8, 4) is 0 Å². The molecular weight excluding hydrogens is 346 g/mol. The summed E-state index contributed by atoms with van der Waals surface area (Å²) in [6.07, 6.45) is 3.58. The molecule has 2 aromatic carbocycles. The van der Waals surface area contributed by atoms with Gasteiger partial charge in [0.25, 0.3) is 0 Å². The summed E-state index contributed by atoms with van der Waals surface area (Å²) in [5.41, 5.74) is 3.53. The van der Waals surface area contributed by atoms with Crippen LogP contribution in [-0.2, 0) is 9.59 Å². The molecule has 0 aliphatic carbocycles. The summed E-state index contributed by atoms with van der Waals surface area (Å²) in [7, 11) is 0. The van der Waals surface area contributed by atoms with Gasteiger partial charge in [0.15, 0.2) is 5.11 Å². The van der Waals surface area contributed by atoms with E-state index in [0.29, 0.717) is 17.8 Å². The van der Waals surface area contributed by atoms with Crippen LogP contribution in [0.3, 0.4) is 0 Å². The van der Waals surface area contributed by atoms with E-state index in [-0.39, 0.29) is 16.9 Å². The van der Waals surface area contributed by atoms with E-state index in [1.54, 1.807) is 37.3 Å². The van der Waals surface area contributed by atoms with Gasteiger partial charge >= 0.3 is 0 Å². The third-order valence-corrected chi connectivity index (χ3v) is 3.69. The van der Waals surface area contributed by atoms with Crippen molar-refractivity contribution in [2.45, 2.75) is 20.3 Å². The highest BCUT2D eigenvalue weighted by Gasteiger charge is 2.03. The quantitative estimate of drug-likeness (QED) is 0.554. The van der Waals surface area contributed by atoms with Crippen LogP contribution in [-0.4, -0.2) is 16.9 Å². The average Bonchev–Trinajstić information content (AvgIpc) is 2.62. The Kier molecular flexibility index (Phi) is 7.05. The Morgan fingerprint density at radius 2 is 1.54 bits per heavy atom. The minimum absolute atomic E-state index is 0.0474. The van der Waals surface area contributed by atoms with Gasteiger partial charge in [0.05, 0.1) is 0 Å². The summed E-state index contributed by atoms with van der Waals surface area (Å²) in [4.78, 5) is 23.3. The van der Waals surface area contributed by atoms with Crippen LogP contribution in [0.5, 0.6) is 0 Å². The normalized spacial score (nSPS) is 10.4. The summed E-state index contributed by atoms with van der Waals surface area (Å²) in [6, 6.07) is 14.9. The molecule has 0 heterocycles. The Morgan fingerprint density at radius 3 is 2.12 bits per heavy atom. The number of nitrogens with one attached hydrogen (secondary N) is 3. The van der Waals surface area contributed by atoms with E-state index in [4.69, 9.17) is 12.2 Å². The number of benzene rings is 2. The number of rotatable bonds is 5. The number of carbonyl (C=O) groups is 2. The molecule has 0 fully saturated rings. The lowest BCUT2D eigenvalue weighted by atomic mass is 10.1. The first-order chi connectivity index (χ1) is 12.5. The summed E-state index contributed by atoms with van der Waals surface area (Å²) < 4.78 is 0. The predicted octanol–water partition coefficient (Wildman–Crippen LogP) is 3.87. The predicted molar refractivity (Wildman–Crippen MR) is 110 cm³/mol. The topological polar surface area (TPSA) is 70.2 Å². The molecule has 5 nitrogen and oxygen atoms in total. The largest absolute Gasteiger partial charge is 0.332 e. The number of hydrogen-bond donors (Lipinski definition) is 3. The molecule has 0 atom stereocenters. The molecule has 2 amide bonds. The third kappa shape index (κ3) is 6.49. The molecule has 0 unspecified atom stereocenters. The van der Waals surface area contributed by atoms with Crippen molar-refractivity contribution in [2.75, 3.05) is 10.6 Å².